The summed E-state index contributed by atoms with van der Waals surface area (Å²) in [4.78, 5) is 0. The molecule has 0 spiro atoms. The molecule has 0 nitrogen and oxygen atoms in total. The molecule has 1 unspecified atom stereocenters. The smallest absolute Gasteiger partial charge is 0.139 e. The summed E-state index contributed by atoms with van der Waals surface area (Å²) in [7, 11) is 2.05. The van der Waals surface area contributed by atoms with E-state index in [-0.39, 0.29) is 13.7 Å². The molecular formula is C23H23BFP. The maximum absolute atomic E-state index is 14.9. The zero-order valence-corrected chi connectivity index (χ0v) is 16.8. The van der Waals surface area contributed by atoms with Gasteiger partial charge in [0.25, 0.3) is 0 Å². The van der Waals surface area contributed by atoms with Crippen molar-refractivity contribution in [2.75, 3.05) is 6.66 Å². The maximum Gasteiger partial charge on any atom is 0.139 e. The SMILES string of the molecule is Bc1cccc(-c2cccc(-c3cc4c(cc3F)CP4C)c2CC)c1C. The summed E-state index contributed by atoms with van der Waals surface area (Å²) < 4.78 is 14.9. The van der Waals surface area contributed by atoms with E-state index in [0.29, 0.717) is 0 Å². The van der Waals surface area contributed by atoms with Gasteiger partial charge in [-0.2, -0.15) is 0 Å². The largest absolute Gasteiger partial charge is 0.206 e. The summed E-state index contributed by atoms with van der Waals surface area (Å²) in [5.74, 6) is -0.0836. The van der Waals surface area contributed by atoms with Crippen molar-refractivity contribution in [3.05, 3.63) is 71.0 Å². The Hall–Kier alpha value is -1.92. The molecule has 0 amide bonds. The van der Waals surface area contributed by atoms with Crippen LogP contribution in [0.5, 0.6) is 0 Å². The first-order valence-corrected chi connectivity index (χ1v) is 11.2. The topological polar surface area (TPSA) is 0 Å². The third kappa shape index (κ3) is 2.72. The van der Waals surface area contributed by atoms with Gasteiger partial charge < -0.3 is 0 Å². The van der Waals surface area contributed by atoms with E-state index in [2.05, 4.69) is 70.8 Å². The molecule has 0 saturated carbocycles. The van der Waals surface area contributed by atoms with Crippen LogP contribution >= 0.6 is 7.92 Å². The van der Waals surface area contributed by atoms with E-state index >= 15 is 0 Å². The van der Waals surface area contributed by atoms with Gasteiger partial charge in [-0.25, -0.2) is 4.39 Å². The van der Waals surface area contributed by atoms with Crippen LogP contribution in [-0.4, -0.2) is 14.5 Å². The standard InChI is InChI=1S/C23H23BFP/c1-4-16-18(17-7-6-10-21(24)14(17)2)8-5-9-19(16)20-12-23-15(11-22(20)25)13-26(23)3/h5-12H,4,13,24H2,1-3H3. The van der Waals surface area contributed by atoms with Crippen LogP contribution in [0.2, 0.25) is 0 Å². The molecule has 0 aromatic heterocycles. The molecule has 3 heteroatoms. The van der Waals surface area contributed by atoms with Gasteiger partial charge in [-0.1, -0.05) is 56.7 Å². The molecule has 1 atom stereocenters. The van der Waals surface area contributed by atoms with Crippen LogP contribution in [0, 0.1) is 12.7 Å². The van der Waals surface area contributed by atoms with Crippen LogP contribution < -0.4 is 10.8 Å². The van der Waals surface area contributed by atoms with E-state index < -0.39 is 0 Å². The maximum atomic E-state index is 14.9. The van der Waals surface area contributed by atoms with Crippen molar-refractivity contribution in [1.82, 2.24) is 0 Å². The van der Waals surface area contributed by atoms with Gasteiger partial charge >= 0.3 is 0 Å². The number of hydrogen-bond acceptors (Lipinski definition) is 0. The molecule has 0 bridgehead atoms. The van der Waals surface area contributed by atoms with Gasteiger partial charge in [-0.15, -0.1) is 0 Å². The molecule has 3 aromatic rings. The predicted molar refractivity (Wildman–Crippen MR) is 116 cm³/mol. The number of halogens is 1. The Morgan fingerprint density at radius 1 is 1.00 bits per heavy atom. The molecule has 1 heterocycles. The van der Waals surface area contributed by atoms with Crippen molar-refractivity contribution in [2.45, 2.75) is 26.4 Å². The average Bonchev–Trinajstić information content (AvgIpc) is 2.63. The van der Waals surface area contributed by atoms with E-state index in [4.69, 9.17) is 0 Å². The number of rotatable bonds is 3. The van der Waals surface area contributed by atoms with Crippen molar-refractivity contribution in [3.63, 3.8) is 0 Å². The average molecular weight is 360 g/mol. The Labute approximate surface area is 157 Å². The van der Waals surface area contributed by atoms with E-state index in [1.54, 1.807) is 6.07 Å². The fraction of sp³-hybridized carbons (Fsp3) is 0.217. The Morgan fingerprint density at radius 3 is 2.35 bits per heavy atom. The minimum absolute atomic E-state index is 0.0836. The Kier molecular flexibility index (Phi) is 4.49. The molecule has 0 fully saturated rings. The number of benzene rings is 3. The van der Waals surface area contributed by atoms with Gasteiger partial charge in [-0.3, -0.25) is 0 Å². The van der Waals surface area contributed by atoms with E-state index in [9.17, 15) is 4.39 Å². The molecule has 4 rings (SSSR count). The van der Waals surface area contributed by atoms with Gasteiger partial charge in [0.15, 0.2) is 0 Å². The zero-order valence-electron chi connectivity index (χ0n) is 15.9. The van der Waals surface area contributed by atoms with E-state index in [1.165, 1.54) is 38.6 Å². The summed E-state index contributed by atoms with van der Waals surface area (Å²) in [6.45, 7) is 6.62. The molecule has 0 N–H and O–H groups in total. The van der Waals surface area contributed by atoms with Crippen molar-refractivity contribution >= 4 is 26.5 Å². The first-order valence-electron chi connectivity index (χ1n) is 9.23. The normalized spacial score (nSPS) is 15.5. The lowest BCUT2D eigenvalue weighted by atomic mass is 9.83. The molecule has 130 valence electrons. The minimum Gasteiger partial charge on any atom is -0.206 e. The highest BCUT2D eigenvalue weighted by atomic mass is 31.1. The quantitative estimate of drug-likeness (QED) is 0.475. The predicted octanol–water partition coefficient (Wildman–Crippen LogP) is 4.54. The number of hydrogen-bond donors (Lipinski definition) is 0. The first kappa shape index (κ1) is 17.5. The Morgan fingerprint density at radius 2 is 1.65 bits per heavy atom. The van der Waals surface area contributed by atoms with Gasteiger partial charge in [-0.05, 0) is 77.0 Å². The zero-order chi connectivity index (χ0) is 18.4. The second-order valence-corrected chi connectivity index (χ2v) is 9.44. The van der Waals surface area contributed by atoms with Crippen LogP contribution in [0.3, 0.4) is 0 Å². The molecule has 1 aliphatic rings. The summed E-state index contributed by atoms with van der Waals surface area (Å²) in [5.41, 5.74) is 9.32. The summed E-state index contributed by atoms with van der Waals surface area (Å²) in [6.07, 6.45) is 1.95. The fourth-order valence-electron chi connectivity index (χ4n) is 4.06. The third-order valence-electron chi connectivity index (χ3n) is 5.70. The van der Waals surface area contributed by atoms with E-state index in [1.807, 2.05) is 0 Å². The van der Waals surface area contributed by atoms with E-state index in [0.717, 1.165) is 23.7 Å². The fourth-order valence-corrected chi connectivity index (χ4v) is 5.71. The van der Waals surface area contributed by atoms with Crippen LogP contribution in [0.1, 0.15) is 23.6 Å². The molecule has 3 aromatic carbocycles. The van der Waals surface area contributed by atoms with Gasteiger partial charge in [0, 0.05) is 5.56 Å². The highest BCUT2D eigenvalue weighted by molar-refractivity contribution is 7.66. The molecule has 0 aliphatic carbocycles. The van der Waals surface area contributed by atoms with Crippen molar-refractivity contribution in [2.24, 2.45) is 0 Å². The lowest BCUT2D eigenvalue weighted by Gasteiger charge is -2.28. The van der Waals surface area contributed by atoms with Crippen LogP contribution in [0.15, 0.2) is 48.5 Å². The monoisotopic (exact) mass is 360 g/mol. The Bertz CT molecular complexity index is 1010. The second kappa shape index (κ2) is 6.67. The first-order chi connectivity index (χ1) is 12.5. The van der Waals surface area contributed by atoms with Crippen LogP contribution in [0.4, 0.5) is 4.39 Å². The Balaban J connectivity index is 1.94. The van der Waals surface area contributed by atoms with Crippen molar-refractivity contribution in [1.29, 1.82) is 0 Å². The minimum atomic E-state index is -0.0940. The van der Waals surface area contributed by atoms with Gasteiger partial charge in [0.05, 0.1) is 0 Å². The third-order valence-corrected chi connectivity index (χ3v) is 7.76. The van der Waals surface area contributed by atoms with Crippen LogP contribution in [0.25, 0.3) is 22.3 Å². The highest BCUT2D eigenvalue weighted by Crippen LogP contribution is 2.46. The summed E-state index contributed by atoms with van der Waals surface area (Å²) >= 11 is 0. The molecule has 0 saturated heterocycles. The summed E-state index contributed by atoms with van der Waals surface area (Å²) in [6, 6.07) is 16.6. The molecular weight excluding hydrogens is 337 g/mol. The second-order valence-electron chi connectivity index (χ2n) is 7.25. The molecule has 26 heavy (non-hydrogen) atoms. The van der Waals surface area contributed by atoms with Gasteiger partial charge in [0.2, 0.25) is 0 Å². The lowest BCUT2D eigenvalue weighted by molar-refractivity contribution is 0.630. The van der Waals surface area contributed by atoms with Crippen molar-refractivity contribution in [3.8, 4) is 22.3 Å². The van der Waals surface area contributed by atoms with Crippen molar-refractivity contribution < 1.29 is 4.39 Å². The lowest BCUT2D eigenvalue weighted by Crippen LogP contribution is -2.20. The molecule has 1 aliphatic heterocycles. The molecule has 0 radical (unpaired) electrons. The highest BCUT2D eigenvalue weighted by Gasteiger charge is 2.25. The summed E-state index contributed by atoms with van der Waals surface area (Å²) in [5, 5.41) is 1.37. The van der Waals surface area contributed by atoms with Crippen LogP contribution in [-0.2, 0) is 12.6 Å². The number of fused-ring (bicyclic) bond motifs is 1. The van der Waals surface area contributed by atoms with Gasteiger partial charge in [0.1, 0.15) is 13.7 Å².